The van der Waals surface area contributed by atoms with Crippen molar-refractivity contribution in [3.8, 4) is 11.6 Å². The van der Waals surface area contributed by atoms with Gasteiger partial charge in [0, 0.05) is 38.8 Å². The second kappa shape index (κ2) is 8.51. The van der Waals surface area contributed by atoms with Crippen LogP contribution in [0.15, 0.2) is 66.3 Å². The van der Waals surface area contributed by atoms with E-state index in [9.17, 15) is 0 Å². The lowest BCUT2D eigenvalue weighted by molar-refractivity contribution is 0.205. The first-order valence-corrected chi connectivity index (χ1v) is 9.29. The number of ether oxygens (including phenoxy) is 1. The molecule has 2 aromatic heterocycles. The molecule has 1 N–H and O–H groups in total. The zero-order valence-corrected chi connectivity index (χ0v) is 15.8. The molecule has 3 aromatic rings. The second-order valence-corrected chi connectivity index (χ2v) is 6.55. The third-order valence-electron chi connectivity index (χ3n) is 4.65. The number of nitrogens with zero attached hydrogens (tertiary/aromatic N) is 6. The summed E-state index contributed by atoms with van der Waals surface area (Å²) in [6.07, 6.45) is 6.03. The Morgan fingerprint density at radius 3 is 2.86 bits per heavy atom. The monoisotopic (exact) mass is 377 g/mol. The molecule has 8 heteroatoms. The van der Waals surface area contributed by atoms with Gasteiger partial charge in [-0.3, -0.25) is 4.99 Å². The van der Waals surface area contributed by atoms with Gasteiger partial charge in [-0.2, -0.15) is 5.10 Å². The van der Waals surface area contributed by atoms with Crippen LogP contribution in [-0.4, -0.2) is 56.8 Å². The molecule has 28 heavy (non-hydrogen) atoms. The van der Waals surface area contributed by atoms with Crippen LogP contribution in [0.3, 0.4) is 0 Å². The summed E-state index contributed by atoms with van der Waals surface area (Å²) in [6.45, 7) is 2.40. The minimum Gasteiger partial charge on any atom is -0.472 e. The molecule has 8 nitrogen and oxygen atoms in total. The second-order valence-electron chi connectivity index (χ2n) is 6.55. The molecule has 1 saturated heterocycles. The van der Waals surface area contributed by atoms with Gasteiger partial charge >= 0.3 is 0 Å². The molecule has 0 bridgehead atoms. The molecule has 0 amide bonds. The molecule has 4 rings (SSSR count). The van der Waals surface area contributed by atoms with Gasteiger partial charge in [0.15, 0.2) is 5.96 Å². The lowest BCUT2D eigenvalue weighted by atomic mass is 10.2. The van der Waals surface area contributed by atoms with Crippen LogP contribution in [0.4, 0.5) is 0 Å². The van der Waals surface area contributed by atoms with Crippen LogP contribution in [0.5, 0.6) is 5.88 Å². The Bertz CT molecular complexity index is 894. The van der Waals surface area contributed by atoms with Crippen molar-refractivity contribution in [1.82, 2.24) is 30.0 Å². The molecule has 1 aliphatic heterocycles. The van der Waals surface area contributed by atoms with Crippen LogP contribution < -0.4 is 10.1 Å². The van der Waals surface area contributed by atoms with Gasteiger partial charge < -0.3 is 15.0 Å². The highest BCUT2D eigenvalue weighted by Crippen LogP contribution is 2.16. The number of hydrogen-bond acceptors (Lipinski definition) is 5. The number of rotatable bonds is 5. The smallest absolute Gasteiger partial charge is 0.213 e. The number of likely N-dealkylation sites (tertiary alicyclic amines) is 1. The highest BCUT2D eigenvalue weighted by molar-refractivity contribution is 5.80. The first-order valence-electron chi connectivity index (χ1n) is 9.29. The Kier molecular flexibility index (Phi) is 5.46. The van der Waals surface area contributed by atoms with Crippen molar-refractivity contribution in [1.29, 1.82) is 0 Å². The van der Waals surface area contributed by atoms with E-state index in [0.29, 0.717) is 12.4 Å². The quantitative estimate of drug-likeness (QED) is 0.540. The van der Waals surface area contributed by atoms with Crippen LogP contribution in [0.1, 0.15) is 12.0 Å². The highest BCUT2D eigenvalue weighted by Gasteiger charge is 2.26. The van der Waals surface area contributed by atoms with Crippen molar-refractivity contribution in [2.24, 2.45) is 4.99 Å². The normalized spacial score (nSPS) is 17.0. The molecule has 1 aromatic carbocycles. The summed E-state index contributed by atoms with van der Waals surface area (Å²) >= 11 is 0. The van der Waals surface area contributed by atoms with Crippen molar-refractivity contribution in [2.75, 3.05) is 20.1 Å². The summed E-state index contributed by atoms with van der Waals surface area (Å²) in [7, 11) is 1.81. The van der Waals surface area contributed by atoms with E-state index in [2.05, 4.69) is 42.4 Å². The number of pyridine rings is 1. The van der Waals surface area contributed by atoms with Crippen LogP contribution >= 0.6 is 0 Å². The van der Waals surface area contributed by atoms with Gasteiger partial charge in [0.2, 0.25) is 5.88 Å². The van der Waals surface area contributed by atoms with Crippen LogP contribution in [0.25, 0.3) is 5.69 Å². The summed E-state index contributed by atoms with van der Waals surface area (Å²) in [4.78, 5) is 14.9. The lowest BCUT2D eigenvalue weighted by Crippen LogP contribution is -2.40. The number of aliphatic imine (C=N–C) groups is 1. The van der Waals surface area contributed by atoms with Gasteiger partial charge in [-0.05, 0) is 23.8 Å². The number of guanidine groups is 1. The summed E-state index contributed by atoms with van der Waals surface area (Å²) < 4.78 is 7.70. The Morgan fingerprint density at radius 2 is 2.14 bits per heavy atom. The molecule has 0 radical (unpaired) electrons. The topological polar surface area (TPSA) is 80.5 Å². The van der Waals surface area contributed by atoms with Crippen molar-refractivity contribution >= 4 is 5.96 Å². The van der Waals surface area contributed by atoms with E-state index in [0.717, 1.165) is 31.2 Å². The molecule has 0 spiro atoms. The predicted octanol–water partition coefficient (Wildman–Crippen LogP) is 1.89. The standard InChI is InChI=1S/C20H23N7O/c1-21-20(26-11-9-18(13-26)28-19-4-2-3-10-23-19)24-12-16-5-7-17(8-6-16)27-15-22-14-25-27/h2-8,10,14-15,18H,9,11-13H2,1H3,(H,21,24). The van der Waals surface area contributed by atoms with Crippen LogP contribution in [0.2, 0.25) is 0 Å². The Morgan fingerprint density at radius 1 is 1.25 bits per heavy atom. The number of aromatic nitrogens is 4. The minimum atomic E-state index is 0.121. The predicted molar refractivity (Wildman–Crippen MR) is 106 cm³/mol. The minimum absolute atomic E-state index is 0.121. The number of hydrogen-bond donors (Lipinski definition) is 1. The van der Waals surface area contributed by atoms with E-state index >= 15 is 0 Å². The average Bonchev–Trinajstić information content (AvgIpc) is 3.43. The molecular formula is C20H23N7O. The van der Waals surface area contributed by atoms with Crippen molar-refractivity contribution < 1.29 is 4.74 Å². The van der Waals surface area contributed by atoms with E-state index in [1.54, 1.807) is 17.2 Å². The Labute approximate surface area is 163 Å². The van der Waals surface area contributed by atoms with Crippen LogP contribution in [0, 0.1) is 0 Å². The van der Waals surface area contributed by atoms with Gasteiger partial charge in [0.25, 0.3) is 0 Å². The zero-order valence-electron chi connectivity index (χ0n) is 15.8. The van der Waals surface area contributed by atoms with Gasteiger partial charge in [-0.1, -0.05) is 18.2 Å². The summed E-state index contributed by atoms with van der Waals surface area (Å²) in [5.41, 5.74) is 2.16. The molecule has 0 saturated carbocycles. The van der Waals surface area contributed by atoms with Crippen LogP contribution in [-0.2, 0) is 6.54 Å². The molecule has 1 aliphatic rings. The molecule has 3 heterocycles. The maximum absolute atomic E-state index is 5.96. The molecule has 0 aliphatic carbocycles. The third kappa shape index (κ3) is 4.28. The molecular weight excluding hydrogens is 354 g/mol. The van der Waals surface area contributed by atoms with Crippen molar-refractivity contribution in [2.45, 2.75) is 19.1 Å². The zero-order chi connectivity index (χ0) is 19.2. The third-order valence-corrected chi connectivity index (χ3v) is 4.65. The largest absolute Gasteiger partial charge is 0.472 e. The maximum atomic E-state index is 5.96. The van der Waals surface area contributed by atoms with Gasteiger partial charge in [-0.25, -0.2) is 14.6 Å². The summed E-state index contributed by atoms with van der Waals surface area (Å²) in [5, 5.41) is 7.58. The molecule has 144 valence electrons. The summed E-state index contributed by atoms with van der Waals surface area (Å²) in [6, 6.07) is 13.9. The maximum Gasteiger partial charge on any atom is 0.213 e. The van der Waals surface area contributed by atoms with E-state index in [-0.39, 0.29) is 6.10 Å². The highest BCUT2D eigenvalue weighted by atomic mass is 16.5. The fraction of sp³-hybridized carbons (Fsp3) is 0.300. The molecule has 1 atom stereocenters. The SMILES string of the molecule is CN=C(NCc1ccc(-n2cncn2)cc1)N1CCC(Oc2ccccn2)C1. The molecule has 1 fully saturated rings. The van der Waals surface area contributed by atoms with E-state index < -0.39 is 0 Å². The fourth-order valence-corrected chi connectivity index (χ4v) is 3.23. The van der Waals surface area contributed by atoms with Crippen molar-refractivity contribution in [3.05, 3.63) is 66.9 Å². The van der Waals surface area contributed by atoms with Gasteiger partial charge in [0.05, 0.1) is 12.2 Å². The van der Waals surface area contributed by atoms with E-state index in [1.807, 2.05) is 37.4 Å². The van der Waals surface area contributed by atoms with Gasteiger partial charge in [-0.15, -0.1) is 0 Å². The number of benzene rings is 1. The fourth-order valence-electron chi connectivity index (χ4n) is 3.23. The van der Waals surface area contributed by atoms with Gasteiger partial charge in [0.1, 0.15) is 18.8 Å². The van der Waals surface area contributed by atoms with E-state index in [1.165, 1.54) is 11.9 Å². The average molecular weight is 377 g/mol. The first-order chi connectivity index (χ1) is 13.8. The lowest BCUT2D eigenvalue weighted by Gasteiger charge is -2.21. The number of nitrogens with one attached hydrogen (secondary N) is 1. The first kappa shape index (κ1) is 18.0. The van der Waals surface area contributed by atoms with Crippen molar-refractivity contribution in [3.63, 3.8) is 0 Å². The Hall–Kier alpha value is -3.42. The Balaban J connectivity index is 1.30. The summed E-state index contributed by atoms with van der Waals surface area (Å²) in [5.74, 6) is 1.55. The van der Waals surface area contributed by atoms with E-state index in [4.69, 9.17) is 4.74 Å². The molecule has 1 unspecified atom stereocenters.